The predicted octanol–water partition coefficient (Wildman–Crippen LogP) is 3.15. The number of hydrogen-bond donors (Lipinski definition) is 1. The molecule has 0 unspecified atom stereocenters. The molecule has 2 rings (SSSR count). The Labute approximate surface area is 144 Å². The van der Waals surface area contributed by atoms with Crippen LogP contribution in [-0.2, 0) is 16.8 Å². The van der Waals surface area contributed by atoms with E-state index in [1.54, 1.807) is 19.4 Å². The quantitative estimate of drug-likeness (QED) is 0.794. The summed E-state index contributed by atoms with van der Waals surface area (Å²) < 4.78 is 7.71. The van der Waals surface area contributed by atoms with Crippen molar-refractivity contribution < 1.29 is 9.53 Å². The number of aryl methyl sites for hydroxylation is 1. The number of benzene rings is 1. The molecule has 1 atom stereocenters. The van der Waals surface area contributed by atoms with Gasteiger partial charge in [-0.3, -0.25) is 4.79 Å². The molecule has 1 N–H and O–H groups in total. The molecule has 1 aromatic carbocycles. The Balaban J connectivity index is 1.74. The van der Waals surface area contributed by atoms with Crippen LogP contribution < -0.4 is 10.1 Å². The molecule has 0 saturated carbocycles. The summed E-state index contributed by atoms with van der Waals surface area (Å²) in [6.07, 6.45) is 5.77. The van der Waals surface area contributed by atoms with Crippen molar-refractivity contribution in [3.8, 4) is 5.75 Å². The predicted molar refractivity (Wildman–Crippen MR) is 95.1 cm³/mol. The first-order valence-electron chi connectivity index (χ1n) is 8.37. The molecule has 1 amide bonds. The van der Waals surface area contributed by atoms with Crippen molar-refractivity contribution in [2.75, 3.05) is 6.54 Å². The van der Waals surface area contributed by atoms with E-state index >= 15 is 0 Å². The Hall–Kier alpha value is -2.30. The first-order valence-corrected chi connectivity index (χ1v) is 8.37. The third kappa shape index (κ3) is 5.41. The van der Waals surface area contributed by atoms with Gasteiger partial charge in [0, 0.05) is 25.5 Å². The molecule has 0 aliphatic heterocycles. The fourth-order valence-electron chi connectivity index (χ4n) is 2.33. The zero-order chi connectivity index (χ0) is 17.6. The van der Waals surface area contributed by atoms with Gasteiger partial charge in [0.05, 0.1) is 6.33 Å². The molecular formula is C19H27N3O2. The first-order chi connectivity index (χ1) is 11.4. The largest absolute Gasteiger partial charge is 0.481 e. The fraction of sp³-hybridized carbons (Fsp3) is 0.474. The van der Waals surface area contributed by atoms with Crippen molar-refractivity contribution in [1.29, 1.82) is 0 Å². The third-order valence-corrected chi connectivity index (χ3v) is 3.85. The molecule has 1 heterocycles. The highest BCUT2D eigenvalue weighted by Crippen LogP contribution is 2.24. The normalized spacial score (nSPS) is 12.7. The highest BCUT2D eigenvalue weighted by molar-refractivity contribution is 5.80. The van der Waals surface area contributed by atoms with Crippen molar-refractivity contribution in [2.24, 2.45) is 0 Å². The van der Waals surface area contributed by atoms with Crippen molar-refractivity contribution in [2.45, 2.75) is 52.2 Å². The van der Waals surface area contributed by atoms with Gasteiger partial charge in [-0.15, -0.1) is 0 Å². The number of ether oxygens (including phenoxy) is 1. The minimum absolute atomic E-state index is 0.0967. The smallest absolute Gasteiger partial charge is 0.260 e. The molecule has 0 fully saturated rings. The zero-order valence-electron chi connectivity index (χ0n) is 15.0. The van der Waals surface area contributed by atoms with Crippen molar-refractivity contribution >= 4 is 5.91 Å². The Morgan fingerprint density at radius 2 is 2.00 bits per heavy atom. The average Bonchev–Trinajstić information content (AvgIpc) is 3.04. The van der Waals surface area contributed by atoms with Gasteiger partial charge in [-0.25, -0.2) is 4.98 Å². The van der Waals surface area contributed by atoms with Crippen LogP contribution >= 0.6 is 0 Å². The van der Waals surface area contributed by atoms with Crippen LogP contribution in [0.2, 0.25) is 0 Å². The van der Waals surface area contributed by atoms with Crippen LogP contribution in [-0.4, -0.2) is 28.1 Å². The zero-order valence-corrected chi connectivity index (χ0v) is 15.0. The maximum atomic E-state index is 12.1. The minimum atomic E-state index is -0.515. The topological polar surface area (TPSA) is 56.1 Å². The van der Waals surface area contributed by atoms with Gasteiger partial charge in [-0.1, -0.05) is 32.9 Å². The van der Waals surface area contributed by atoms with E-state index in [2.05, 4.69) is 31.1 Å². The van der Waals surface area contributed by atoms with E-state index in [0.29, 0.717) is 12.3 Å². The summed E-state index contributed by atoms with van der Waals surface area (Å²) in [5, 5.41) is 2.90. The maximum Gasteiger partial charge on any atom is 0.260 e. The highest BCUT2D eigenvalue weighted by Gasteiger charge is 2.16. The molecule has 1 aromatic heterocycles. The van der Waals surface area contributed by atoms with Crippen LogP contribution in [0, 0.1) is 0 Å². The summed E-state index contributed by atoms with van der Waals surface area (Å²) in [5.41, 5.74) is 1.35. The monoisotopic (exact) mass is 329 g/mol. The number of carbonyl (C=O) groups is 1. The lowest BCUT2D eigenvalue weighted by Crippen LogP contribution is -2.37. The van der Waals surface area contributed by atoms with E-state index in [0.717, 1.165) is 13.0 Å². The van der Waals surface area contributed by atoms with E-state index in [1.807, 2.05) is 35.0 Å². The minimum Gasteiger partial charge on any atom is -0.481 e. The number of imidazole rings is 1. The van der Waals surface area contributed by atoms with Crippen LogP contribution in [0.4, 0.5) is 0 Å². The van der Waals surface area contributed by atoms with Gasteiger partial charge in [0.15, 0.2) is 6.10 Å². The molecule has 24 heavy (non-hydrogen) atoms. The van der Waals surface area contributed by atoms with Crippen molar-refractivity contribution in [3.05, 3.63) is 48.5 Å². The Kier molecular flexibility index (Phi) is 6.01. The number of hydrogen-bond acceptors (Lipinski definition) is 3. The molecule has 2 aromatic rings. The number of aromatic nitrogens is 2. The molecule has 0 aliphatic carbocycles. The van der Waals surface area contributed by atoms with Gasteiger partial charge in [-0.2, -0.15) is 0 Å². The van der Waals surface area contributed by atoms with Crippen LogP contribution in [0.25, 0.3) is 0 Å². The summed E-state index contributed by atoms with van der Waals surface area (Å²) in [7, 11) is 0. The number of carbonyl (C=O) groups excluding carboxylic acids is 1. The maximum absolute atomic E-state index is 12.1. The molecule has 0 radical (unpaired) electrons. The van der Waals surface area contributed by atoms with Gasteiger partial charge in [0.2, 0.25) is 0 Å². The molecule has 5 nitrogen and oxygen atoms in total. The molecular weight excluding hydrogens is 302 g/mol. The van der Waals surface area contributed by atoms with Gasteiger partial charge in [0.25, 0.3) is 5.91 Å². The van der Waals surface area contributed by atoms with Gasteiger partial charge < -0.3 is 14.6 Å². The Bertz CT molecular complexity index is 628. The molecule has 0 bridgehead atoms. The second kappa shape index (κ2) is 7.99. The average molecular weight is 329 g/mol. The Morgan fingerprint density at radius 1 is 1.29 bits per heavy atom. The van der Waals surface area contributed by atoms with Crippen molar-refractivity contribution in [3.63, 3.8) is 0 Å². The second-order valence-corrected chi connectivity index (χ2v) is 6.98. The lowest BCUT2D eigenvalue weighted by Gasteiger charge is -2.20. The van der Waals surface area contributed by atoms with E-state index < -0.39 is 6.10 Å². The standard InChI is InChI=1S/C19H27N3O2/c1-15(18(23)21-10-5-12-22-13-11-20-14-22)24-17-8-6-16(7-9-17)19(2,3)4/h6-9,11,13-15H,5,10,12H2,1-4H3,(H,21,23)/t15-/m0/s1. The van der Waals surface area contributed by atoms with E-state index in [9.17, 15) is 4.79 Å². The number of nitrogens with zero attached hydrogens (tertiary/aromatic N) is 2. The van der Waals surface area contributed by atoms with Crippen molar-refractivity contribution in [1.82, 2.24) is 14.9 Å². The molecule has 0 spiro atoms. The second-order valence-electron chi connectivity index (χ2n) is 6.98. The number of amides is 1. The third-order valence-electron chi connectivity index (χ3n) is 3.85. The summed E-state index contributed by atoms with van der Waals surface area (Å²) in [5.74, 6) is 0.615. The van der Waals surface area contributed by atoms with E-state index in [-0.39, 0.29) is 11.3 Å². The van der Waals surface area contributed by atoms with Gasteiger partial charge in [0.1, 0.15) is 5.75 Å². The highest BCUT2D eigenvalue weighted by atomic mass is 16.5. The summed E-state index contributed by atoms with van der Waals surface area (Å²) in [4.78, 5) is 16.1. The van der Waals surface area contributed by atoms with Crippen LogP contribution in [0.5, 0.6) is 5.75 Å². The number of rotatable bonds is 7. The lowest BCUT2D eigenvalue weighted by atomic mass is 9.87. The molecule has 0 aliphatic rings. The summed E-state index contributed by atoms with van der Waals surface area (Å²) >= 11 is 0. The molecule has 130 valence electrons. The van der Waals surface area contributed by atoms with E-state index in [4.69, 9.17) is 4.74 Å². The number of nitrogens with one attached hydrogen (secondary N) is 1. The molecule has 0 saturated heterocycles. The van der Waals surface area contributed by atoms with Gasteiger partial charge >= 0.3 is 0 Å². The van der Waals surface area contributed by atoms with Crippen LogP contribution in [0.1, 0.15) is 39.7 Å². The van der Waals surface area contributed by atoms with Crippen LogP contribution in [0.3, 0.4) is 0 Å². The summed E-state index contributed by atoms with van der Waals surface area (Å²) in [6, 6.07) is 7.93. The SMILES string of the molecule is C[C@H](Oc1ccc(C(C)(C)C)cc1)C(=O)NCCCn1ccnc1. The van der Waals surface area contributed by atoms with Crippen LogP contribution in [0.15, 0.2) is 43.0 Å². The fourth-order valence-corrected chi connectivity index (χ4v) is 2.33. The molecule has 5 heteroatoms. The Morgan fingerprint density at radius 3 is 2.58 bits per heavy atom. The first kappa shape index (κ1) is 18.0. The summed E-state index contributed by atoms with van der Waals surface area (Å²) in [6.45, 7) is 9.73. The van der Waals surface area contributed by atoms with E-state index in [1.165, 1.54) is 5.56 Å². The van der Waals surface area contributed by atoms with Gasteiger partial charge in [-0.05, 0) is 36.5 Å². The lowest BCUT2D eigenvalue weighted by molar-refractivity contribution is -0.127.